The third-order valence-electron chi connectivity index (χ3n) is 10.2. The summed E-state index contributed by atoms with van der Waals surface area (Å²) in [6.07, 6.45) is 2.95. The Morgan fingerprint density at radius 1 is 0.758 bits per heavy atom. The van der Waals surface area contributed by atoms with Gasteiger partial charge in [-0.15, -0.1) is 0 Å². The number of rotatable bonds is 11. The molecule has 1 fully saturated rings. The van der Waals surface area contributed by atoms with Gasteiger partial charge in [-0.05, 0) is 74.7 Å². The molecule has 5 heterocycles. The largest absolute Gasteiger partial charge is 0.453 e. The zero-order chi connectivity index (χ0) is 44.4. The van der Waals surface area contributed by atoms with Crippen LogP contribution in [0.3, 0.4) is 0 Å². The molecular formula is C45H48N6O9S2. The van der Waals surface area contributed by atoms with Crippen LogP contribution in [0.1, 0.15) is 69.1 Å². The number of ether oxygens (including phenoxy) is 1. The molecule has 3 aliphatic heterocycles. The topological polar surface area (TPSA) is 189 Å². The van der Waals surface area contributed by atoms with Crippen molar-refractivity contribution < 1.29 is 40.4 Å². The summed E-state index contributed by atoms with van der Waals surface area (Å²) in [5, 5.41) is 6.72. The number of hydrogen-bond acceptors (Lipinski definition) is 13. The molecule has 1 saturated heterocycles. The number of furan rings is 1. The van der Waals surface area contributed by atoms with Gasteiger partial charge in [0.05, 0.1) is 30.6 Å². The second kappa shape index (κ2) is 17.6. The minimum atomic E-state index is -4.02. The standard InChI is InChI=1S/C23H22N2O5S.C22H26N4O4S/c1-3-4-12-25-23(27)21(22(31(25,28)29)16-8-6-5-7-9-16)24-18-10-11-19-17(13-18)14-20(30-19)15(2)26;1-22(2,3)26-21(27)19(20(31(26,28)29)16-7-5-4-6-8-16)24-17-9-10-18(23-15-17)25-11-13-30-14-12-25/h5-11,13-14,24H,3-4,12H2,1-2H3;4-10,15,24H,11-14H2,1-3H3. The van der Waals surface area contributed by atoms with Crippen molar-refractivity contribution in [2.75, 3.05) is 48.4 Å². The Hall–Kier alpha value is -6.30. The van der Waals surface area contributed by atoms with Crippen molar-refractivity contribution in [2.24, 2.45) is 0 Å². The lowest BCUT2D eigenvalue weighted by Gasteiger charge is -2.30. The predicted octanol–water partition coefficient (Wildman–Crippen LogP) is 7.06. The fourth-order valence-electron chi connectivity index (χ4n) is 7.30. The lowest BCUT2D eigenvalue weighted by atomic mass is 10.1. The number of hydrogen-bond donors (Lipinski definition) is 2. The molecule has 3 aromatic carbocycles. The van der Waals surface area contributed by atoms with Gasteiger partial charge in [0.1, 0.15) is 32.6 Å². The molecule has 0 radical (unpaired) electrons. The molecule has 324 valence electrons. The Bertz CT molecular complexity index is 2790. The van der Waals surface area contributed by atoms with E-state index in [-0.39, 0.29) is 39.3 Å². The quantitative estimate of drug-likeness (QED) is 0.129. The first-order valence-electron chi connectivity index (χ1n) is 20.2. The molecule has 2 amide bonds. The number of carbonyl (C=O) groups is 3. The molecule has 8 rings (SSSR count). The number of fused-ring (bicyclic) bond motifs is 1. The second-order valence-electron chi connectivity index (χ2n) is 15.8. The van der Waals surface area contributed by atoms with Gasteiger partial charge in [-0.2, -0.15) is 0 Å². The van der Waals surface area contributed by atoms with Gasteiger partial charge in [-0.25, -0.2) is 30.4 Å². The molecule has 3 aliphatic rings. The third kappa shape index (κ3) is 8.73. The van der Waals surface area contributed by atoms with Gasteiger partial charge >= 0.3 is 0 Å². The first kappa shape index (κ1) is 43.8. The highest BCUT2D eigenvalue weighted by molar-refractivity contribution is 8.00. The molecular weight excluding hydrogens is 833 g/mol. The molecule has 5 aromatic rings. The van der Waals surface area contributed by atoms with Crippen molar-refractivity contribution in [1.82, 2.24) is 13.6 Å². The number of benzene rings is 3. The Labute approximate surface area is 361 Å². The van der Waals surface area contributed by atoms with Gasteiger partial charge in [0.15, 0.2) is 11.5 Å². The minimum Gasteiger partial charge on any atom is -0.453 e. The van der Waals surface area contributed by atoms with E-state index in [4.69, 9.17) is 9.15 Å². The molecule has 2 aromatic heterocycles. The SMILES string of the molecule is CC(C)(C)N1C(=O)C(Nc2ccc(N3CCOCC3)nc2)=C(c2ccccc2)S1(=O)=O.CCCCN1C(=O)C(Nc2ccc3oc(C(C)=O)cc3c2)=C(c2ccccc2)S1(=O)=O. The highest BCUT2D eigenvalue weighted by Gasteiger charge is 2.49. The number of nitrogens with one attached hydrogen (secondary N) is 2. The van der Waals surface area contributed by atoms with Crippen LogP contribution in [0.4, 0.5) is 17.2 Å². The van der Waals surface area contributed by atoms with E-state index in [9.17, 15) is 31.2 Å². The molecule has 0 unspecified atom stereocenters. The van der Waals surface area contributed by atoms with E-state index in [0.717, 1.165) is 33.9 Å². The number of amides is 2. The van der Waals surface area contributed by atoms with Crippen LogP contribution in [0, 0.1) is 0 Å². The molecule has 0 spiro atoms. The van der Waals surface area contributed by atoms with Crippen molar-refractivity contribution in [3.63, 3.8) is 0 Å². The number of Topliss-reactive ketones (excluding diaryl/α,β-unsaturated/α-hetero) is 1. The van der Waals surface area contributed by atoms with Crippen molar-refractivity contribution in [3.8, 4) is 0 Å². The molecule has 0 bridgehead atoms. The summed E-state index contributed by atoms with van der Waals surface area (Å²) < 4.78 is 66.0. The predicted molar refractivity (Wildman–Crippen MR) is 239 cm³/mol. The van der Waals surface area contributed by atoms with E-state index >= 15 is 0 Å². The number of anilines is 3. The van der Waals surface area contributed by atoms with Crippen molar-refractivity contribution in [1.29, 1.82) is 0 Å². The summed E-state index contributed by atoms with van der Waals surface area (Å²) in [6, 6.07) is 27.6. The van der Waals surface area contributed by atoms with Crippen LogP contribution < -0.4 is 15.5 Å². The van der Waals surface area contributed by atoms with E-state index < -0.39 is 37.4 Å². The van der Waals surface area contributed by atoms with Crippen LogP contribution in [0.5, 0.6) is 0 Å². The second-order valence-corrected chi connectivity index (χ2v) is 19.3. The van der Waals surface area contributed by atoms with Crippen LogP contribution >= 0.6 is 0 Å². The Morgan fingerprint density at radius 2 is 1.34 bits per heavy atom. The first-order valence-corrected chi connectivity index (χ1v) is 23.0. The van der Waals surface area contributed by atoms with Crippen LogP contribution in [-0.4, -0.2) is 86.4 Å². The van der Waals surface area contributed by atoms with Gasteiger partial charge in [-0.3, -0.25) is 14.4 Å². The van der Waals surface area contributed by atoms with E-state index in [1.165, 1.54) is 6.92 Å². The number of ketones is 1. The maximum atomic E-state index is 13.4. The highest BCUT2D eigenvalue weighted by Crippen LogP contribution is 2.40. The molecule has 2 N–H and O–H groups in total. The summed E-state index contributed by atoms with van der Waals surface area (Å²) in [7, 11) is -8.01. The number of nitrogens with zero attached hydrogens (tertiary/aromatic N) is 4. The summed E-state index contributed by atoms with van der Waals surface area (Å²) in [5.41, 5.74) is 1.63. The van der Waals surface area contributed by atoms with E-state index in [1.54, 1.807) is 118 Å². The average molecular weight is 881 g/mol. The molecule has 0 atom stereocenters. The maximum Gasteiger partial charge on any atom is 0.285 e. The zero-order valence-corrected chi connectivity index (χ0v) is 36.7. The van der Waals surface area contributed by atoms with E-state index in [2.05, 4.69) is 20.5 Å². The van der Waals surface area contributed by atoms with Gasteiger partial charge < -0.3 is 24.7 Å². The van der Waals surface area contributed by atoms with Crippen LogP contribution in [0.15, 0.2) is 119 Å². The molecule has 17 heteroatoms. The third-order valence-corrected chi connectivity index (χ3v) is 14.3. The van der Waals surface area contributed by atoms with Crippen molar-refractivity contribution in [3.05, 3.63) is 132 Å². The van der Waals surface area contributed by atoms with Crippen molar-refractivity contribution in [2.45, 2.75) is 53.0 Å². The van der Waals surface area contributed by atoms with Crippen LogP contribution in [-0.2, 0) is 34.4 Å². The minimum absolute atomic E-state index is 0.0111. The van der Waals surface area contributed by atoms with Gasteiger partial charge in [0.25, 0.3) is 31.9 Å². The van der Waals surface area contributed by atoms with Gasteiger partial charge in [0.2, 0.25) is 0 Å². The first-order chi connectivity index (χ1) is 29.5. The van der Waals surface area contributed by atoms with Gasteiger partial charge in [-0.1, -0.05) is 74.0 Å². The summed E-state index contributed by atoms with van der Waals surface area (Å²) in [4.78, 5) is 44.5. The normalized spacial score (nSPS) is 17.4. The number of unbranched alkanes of at least 4 members (excludes halogenated alkanes) is 1. The summed E-state index contributed by atoms with van der Waals surface area (Å²) in [5.74, 6) is -0.301. The van der Waals surface area contributed by atoms with E-state index in [0.29, 0.717) is 53.1 Å². The highest BCUT2D eigenvalue weighted by atomic mass is 32.2. The molecule has 15 nitrogen and oxygen atoms in total. The van der Waals surface area contributed by atoms with Crippen LogP contribution in [0.2, 0.25) is 0 Å². The van der Waals surface area contributed by atoms with Crippen LogP contribution in [0.25, 0.3) is 20.8 Å². The number of sulfonamides is 2. The maximum absolute atomic E-state index is 13.4. The molecule has 0 saturated carbocycles. The fourth-order valence-corrected chi connectivity index (χ4v) is 11.1. The zero-order valence-electron chi connectivity index (χ0n) is 35.0. The van der Waals surface area contributed by atoms with Gasteiger partial charge in [0, 0.05) is 37.6 Å². The van der Waals surface area contributed by atoms with Crippen molar-refractivity contribution >= 4 is 75.6 Å². The molecule has 0 aliphatic carbocycles. The summed E-state index contributed by atoms with van der Waals surface area (Å²) in [6.45, 7) is 11.4. The number of carbonyl (C=O) groups excluding carboxylic acids is 3. The lowest BCUT2D eigenvalue weighted by Crippen LogP contribution is -2.46. The lowest BCUT2D eigenvalue weighted by molar-refractivity contribution is -0.125. The monoisotopic (exact) mass is 880 g/mol. The Morgan fingerprint density at radius 3 is 1.90 bits per heavy atom. The van der Waals surface area contributed by atoms with E-state index in [1.807, 2.05) is 13.0 Å². The Balaban J connectivity index is 0.000000186. The number of aromatic nitrogens is 1. The summed E-state index contributed by atoms with van der Waals surface area (Å²) >= 11 is 0. The average Bonchev–Trinajstić information content (AvgIpc) is 3.82. The smallest absolute Gasteiger partial charge is 0.285 e. The fraction of sp³-hybridized carbons (Fsp3) is 0.289. The molecule has 62 heavy (non-hydrogen) atoms. The number of pyridine rings is 1. The number of morpholine rings is 1. The Kier molecular flexibility index (Phi) is 12.4.